The van der Waals surface area contributed by atoms with Crippen LogP contribution in [0.25, 0.3) is 0 Å². The van der Waals surface area contributed by atoms with Gasteiger partial charge in [-0.3, -0.25) is 0 Å². The lowest BCUT2D eigenvalue weighted by Gasteiger charge is -2.29. The van der Waals surface area contributed by atoms with Gasteiger partial charge in [-0.1, -0.05) is 0 Å². The highest BCUT2D eigenvalue weighted by atomic mass is 32.2. The molecule has 0 bridgehead atoms. The molecule has 3 nitrogen and oxygen atoms in total. The lowest BCUT2D eigenvalue weighted by Crippen LogP contribution is -2.40. The van der Waals surface area contributed by atoms with Crippen LogP contribution >= 0.6 is 0 Å². The minimum absolute atomic E-state index is 0.419. The zero-order valence-electron chi connectivity index (χ0n) is 8.09. The molecule has 12 heavy (non-hydrogen) atoms. The minimum Gasteiger partial charge on any atom is -0.240 e. The van der Waals surface area contributed by atoms with Crippen LogP contribution in [-0.2, 0) is 9.92 Å². The first-order valence-corrected chi connectivity index (χ1v) is 5.90. The molecule has 1 heterocycles. The van der Waals surface area contributed by atoms with Crippen molar-refractivity contribution >= 4 is 9.92 Å². The summed E-state index contributed by atoms with van der Waals surface area (Å²) in [7, 11) is -2.54. The number of rotatable bonds is 1. The van der Waals surface area contributed by atoms with Crippen molar-refractivity contribution in [2.75, 3.05) is 13.1 Å². The van der Waals surface area contributed by atoms with Crippen LogP contribution < -0.4 is 0 Å². The van der Waals surface area contributed by atoms with Crippen LogP contribution in [0.5, 0.6) is 0 Å². The molecule has 0 aromatic heterocycles. The Balaban J connectivity index is 2.85. The molecule has 0 aromatic rings. The van der Waals surface area contributed by atoms with E-state index in [2.05, 4.69) is 0 Å². The summed E-state index contributed by atoms with van der Waals surface area (Å²) in [4.78, 5) is 0. The molecule has 1 aliphatic heterocycles. The summed E-state index contributed by atoms with van der Waals surface area (Å²) >= 11 is 0. The van der Waals surface area contributed by atoms with Gasteiger partial charge >= 0.3 is 0 Å². The van der Waals surface area contributed by atoms with Crippen molar-refractivity contribution in [2.45, 2.75) is 38.4 Å². The first-order valence-electron chi connectivity index (χ1n) is 4.39. The van der Waals surface area contributed by atoms with Gasteiger partial charge in [-0.05, 0) is 33.6 Å². The van der Waals surface area contributed by atoms with Gasteiger partial charge in [0.05, 0.1) is 4.75 Å². The zero-order chi connectivity index (χ0) is 9.41. The Morgan fingerprint density at radius 1 is 1.25 bits per heavy atom. The summed E-state index contributed by atoms with van der Waals surface area (Å²) in [6.07, 6.45) is 2.18. The SMILES string of the molecule is CC(C)(C)S(=N)(=O)N1CCCC1. The lowest BCUT2D eigenvalue weighted by atomic mass is 10.3. The third-order valence-electron chi connectivity index (χ3n) is 2.26. The highest BCUT2D eigenvalue weighted by Gasteiger charge is 2.32. The number of hydrogen-bond donors (Lipinski definition) is 1. The van der Waals surface area contributed by atoms with Crippen molar-refractivity contribution in [3.63, 3.8) is 0 Å². The minimum atomic E-state index is -2.54. The van der Waals surface area contributed by atoms with Crippen LogP contribution in [0, 0.1) is 4.78 Å². The van der Waals surface area contributed by atoms with Gasteiger partial charge in [-0.2, -0.15) is 0 Å². The molecule has 0 aliphatic carbocycles. The molecule has 0 saturated carbocycles. The van der Waals surface area contributed by atoms with Gasteiger partial charge in [0.25, 0.3) is 0 Å². The quantitative estimate of drug-likeness (QED) is 0.673. The molecule has 1 rings (SSSR count). The van der Waals surface area contributed by atoms with Crippen molar-refractivity contribution in [2.24, 2.45) is 0 Å². The smallest absolute Gasteiger partial charge is 0.112 e. The second-order valence-electron chi connectivity index (χ2n) is 4.27. The van der Waals surface area contributed by atoms with E-state index < -0.39 is 14.7 Å². The second kappa shape index (κ2) is 3.00. The van der Waals surface area contributed by atoms with Gasteiger partial charge in [0, 0.05) is 13.1 Å². The molecule has 4 heteroatoms. The zero-order valence-corrected chi connectivity index (χ0v) is 8.91. The van der Waals surface area contributed by atoms with E-state index in [1.54, 1.807) is 0 Å². The fraction of sp³-hybridized carbons (Fsp3) is 1.00. The molecule has 1 N–H and O–H groups in total. The van der Waals surface area contributed by atoms with E-state index in [1.165, 1.54) is 0 Å². The molecular weight excluding hydrogens is 172 g/mol. The Kier molecular flexibility index (Phi) is 2.50. The van der Waals surface area contributed by atoms with E-state index in [-0.39, 0.29) is 0 Å². The summed E-state index contributed by atoms with van der Waals surface area (Å²) in [5, 5.41) is 0. The van der Waals surface area contributed by atoms with E-state index in [1.807, 2.05) is 25.1 Å². The molecule has 1 unspecified atom stereocenters. The Labute approximate surface area is 75.3 Å². The molecule has 1 saturated heterocycles. The number of nitrogens with zero attached hydrogens (tertiary/aromatic N) is 1. The summed E-state index contributed by atoms with van der Waals surface area (Å²) in [6, 6.07) is 0. The third-order valence-corrected chi connectivity index (χ3v) is 5.01. The Hall–Kier alpha value is -0.0900. The molecule has 1 aliphatic rings. The van der Waals surface area contributed by atoms with Gasteiger partial charge < -0.3 is 0 Å². The van der Waals surface area contributed by atoms with Crippen LogP contribution in [0.15, 0.2) is 0 Å². The predicted octanol–water partition coefficient (Wildman–Crippen LogP) is 1.84. The summed E-state index contributed by atoms with van der Waals surface area (Å²) in [5.74, 6) is 0. The summed E-state index contributed by atoms with van der Waals surface area (Å²) in [5.41, 5.74) is 0. The van der Waals surface area contributed by atoms with Crippen molar-refractivity contribution in [1.29, 1.82) is 4.78 Å². The summed E-state index contributed by atoms with van der Waals surface area (Å²) < 4.78 is 21.2. The molecular formula is C8H18N2OS. The van der Waals surface area contributed by atoms with Crippen LogP contribution in [0.4, 0.5) is 0 Å². The van der Waals surface area contributed by atoms with Crippen molar-refractivity contribution in [3.8, 4) is 0 Å². The monoisotopic (exact) mass is 190 g/mol. The van der Waals surface area contributed by atoms with Gasteiger partial charge in [0.15, 0.2) is 0 Å². The van der Waals surface area contributed by atoms with E-state index in [0.717, 1.165) is 25.9 Å². The fourth-order valence-corrected chi connectivity index (χ4v) is 2.88. The van der Waals surface area contributed by atoms with Crippen molar-refractivity contribution in [1.82, 2.24) is 4.31 Å². The van der Waals surface area contributed by atoms with Crippen molar-refractivity contribution in [3.05, 3.63) is 0 Å². The second-order valence-corrected chi connectivity index (χ2v) is 7.07. The van der Waals surface area contributed by atoms with E-state index in [4.69, 9.17) is 4.78 Å². The van der Waals surface area contributed by atoms with Crippen molar-refractivity contribution < 1.29 is 4.21 Å². The van der Waals surface area contributed by atoms with Crippen LogP contribution in [0.3, 0.4) is 0 Å². The largest absolute Gasteiger partial charge is 0.240 e. The third kappa shape index (κ3) is 1.64. The van der Waals surface area contributed by atoms with Gasteiger partial charge in [-0.15, -0.1) is 0 Å². The first-order chi connectivity index (χ1) is 5.36. The molecule has 0 aromatic carbocycles. The molecule has 0 amide bonds. The average molecular weight is 190 g/mol. The predicted molar refractivity (Wildman–Crippen MR) is 51.4 cm³/mol. The first kappa shape index (κ1) is 9.99. The molecule has 0 spiro atoms. The van der Waals surface area contributed by atoms with Gasteiger partial charge in [0.1, 0.15) is 9.92 Å². The van der Waals surface area contributed by atoms with Crippen LogP contribution in [-0.4, -0.2) is 26.4 Å². The maximum absolute atomic E-state index is 12.0. The average Bonchev–Trinajstić information content (AvgIpc) is 2.34. The topological polar surface area (TPSA) is 44.2 Å². The van der Waals surface area contributed by atoms with E-state index in [9.17, 15) is 4.21 Å². The molecule has 72 valence electrons. The maximum Gasteiger partial charge on any atom is 0.112 e. The molecule has 0 radical (unpaired) electrons. The number of nitrogens with one attached hydrogen (secondary N) is 1. The van der Waals surface area contributed by atoms with Crippen LogP contribution in [0.1, 0.15) is 33.6 Å². The van der Waals surface area contributed by atoms with E-state index >= 15 is 0 Å². The van der Waals surface area contributed by atoms with E-state index in [0.29, 0.717) is 0 Å². The molecule has 1 fully saturated rings. The molecule has 1 atom stereocenters. The Morgan fingerprint density at radius 3 is 2.00 bits per heavy atom. The Bertz CT molecular complexity index is 245. The normalized spacial score (nSPS) is 25.6. The maximum atomic E-state index is 12.0. The van der Waals surface area contributed by atoms with Crippen LogP contribution in [0.2, 0.25) is 0 Å². The summed E-state index contributed by atoms with van der Waals surface area (Å²) in [6.45, 7) is 7.29. The highest BCUT2D eigenvalue weighted by Crippen LogP contribution is 2.24. The Morgan fingerprint density at radius 2 is 1.67 bits per heavy atom. The van der Waals surface area contributed by atoms with Gasteiger partial charge in [0.2, 0.25) is 0 Å². The highest BCUT2D eigenvalue weighted by molar-refractivity contribution is 7.91. The lowest BCUT2D eigenvalue weighted by molar-refractivity contribution is 0.499. The number of hydrogen-bond acceptors (Lipinski definition) is 2. The fourth-order valence-electron chi connectivity index (χ4n) is 1.33. The van der Waals surface area contributed by atoms with Gasteiger partial charge in [-0.25, -0.2) is 13.3 Å². The standard InChI is InChI=1S/C8H18N2OS/c1-8(2,3)12(9,11)10-6-4-5-7-10/h9H,4-7H2,1-3H3.